The summed E-state index contributed by atoms with van der Waals surface area (Å²) in [7, 11) is 0. The number of aromatic nitrogens is 2. The lowest BCUT2D eigenvalue weighted by Gasteiger charge is -2.05. The molecule has 0 atom stereocenters. The minimum atomic E-state index is -0.295. The average molecular weight is 312 g/mol. The molecular weight excluding hydrogens is 297 g/mol. The largest absolute Gasteiger partial charge is 0.383 e. The molecule has 0 aliphatic carbocycles. The van der Waals surface area contributed by atoms with E-state index in [0.29, 0.717) is 17.1 Å². The normalized spacial score (nSPS) is 10.9. The van der Waals surface area contributed by atoms with Gasteiger partial charge in [-0.2, -0.15) is 0 Å². The number of rotatable bonds is 3. The van der Waals surface area contributed by atoms with Crippen molar-refractivity contribution >= 4 is 21.7 Å². The van der Waals surface area contributed by atoms with Crippen molar-refractivity contribution in [1.82, 2.24) is 9.55 Å². The van der Waals surface area contributed by atoms with Crippen LogP contribution in [-0.4, -0.2) is 9.55 Å². The van der Waals surface area contributed by atoms with Gasteiger partial charge < -0.3 is 10.3 Å². The number of nitrogen functional groups attached to an aromatic ring is 1. The van der Waals surface area contributed by atoms with Gasteiger partial charge >= 0.3 is 0 Å². The second-order valence-corrected chi connectivity index (χ2v) is 4.84. The molecule has 0 saturated heterocycles. The zero-order valence-electron chi connectivity index (χ0n) is 10.4. The van der Waals surface area contributed by atoms with Crippen LogP contribution in [0.2, 0.25) is 0 Å². The zero-order chi connectivity index (χ0) is 13.3. The highest BCUT2D eigenvalue weighted by Crippen LogP contribution is 2.33. The molecule has 0 radical (unpaired) electrons. The fourth-order valence-corrected chi connectivity index (χ4v) is 2.45. The molecule has 96 valence electrons. The highest BCUT2D eigenvalue weighted by Gasteiger charge is 2.16. The maximum Gasteiger partial charge on any atom is 0.131 e. The Bertz CT molecular complexity index is 578. The Balaban J connectivity index is 2.64. The first-order valence-corrected chi connectivity index (χ1v) is 6.68. The monoisotopic (exact) mass is 311 g/mol. The van der Waals surface area contributed by atoms with Crippen LogP contribution in [0.25, 0.3) is 11.3 Å². The van der Waals surface area contributed by atoms with Crippen molar-refractivity contribution in [2.24, 2.45) is 0 Å². The summed E-state index contributed by atoms with van der Waals surface area (Å²) in [4.78, 5) is 4.51. The number of anilines is 1. The number of hydrogen-bond acceptors (Lipinski definition) is 2. The molecule has 2 aromatic rings. The maximum atomic E-state index is 13.3. The molecule has 0 aliphatic heterocycles. The molecule has 18 heavy (non-hydrogen) atoms. The van der Waals surface area contributed by atoms with Crippen LogP contribution in [0, 0.1) is 5.82 Å². The van der Waals surface area contributed by atoms with Crippen molar-refractivity contribution in [2.75, 3.05) is 5.73 Å². The first-order valence-electron chi connectivity index (χ1n) is 5.88. The van der Waals surface area contributed by atoms with Gasteiger partial charge in [-0.25, -0.2) is 9.37 Å². The van der Waals surface area contributed by atoms with E-state index in [1.807, 2.05) is 18.4 Å². The molecule has 0 spiro atoms. The van der Waals surface area contributed by atoms with Crippen LogP contribution in [0.3, 0.4) is 0 Å². The number of nitrogens with zero attached hydrogens (tertiary/aromatic N) is 2. The molecule has 2 rings (SSSR count). The summed E-state index contributed by atoms with van der Waals surface area (Å²) in [5.74, 6) is 1.21. The van der Waals surface area contributed by atoms with E-state index in [2.05, 4.69) is 20.9 Å². The van der Waals surface area contributed by atoms with Crippen molar-refractivity contribution in [1.29, 1.82) is 0 Å². The second-order valence-electron chi connectivity index (χ2n) is 3.98. The fourth-order valence-electron chi connectivity index (χ4n) is 2.01. The predicted octanol–water partition coefficient (Wildman–Crippen LogP) is 3.62. The van der Waals surface area contributed by atoms with Crippen LogP contribution in [0.4, 0.5) is 10.2 Å². The Hall–Kier alpha value is -1.36. The van der Waals surface area contributed by atoms with E-state index < -0.39 is 0 Å². The highest BCUT2D eigenvalue weighted by atomic mass is 79.9. The lowest BCUT2D eigenvalue weighted by atomic mass is 10.1. The summed E-state index contributed by atoms with van der Waals surface area (Å²) >= 11 is 3.41. The van der Waals surface area contributed by atoms with Crippen LogP contribution in [0.5, 0.6) is 0 Å². The van der Waals surface area contributed by atoms with Crippen LogP contribution in [-0.2, 0) is 13.0 Å². The van der Waals surface area contributed by atoms with Gasteiger partial charge in [0.2, 0.25) is 0 Å². The van der Waals surface area contributed by atoms with E-state index in [1.165, 1.54) is 12.1 Å². The smallest absolute Gasteiger partial charge is 0.131 e. The van der Waals surface area contributed by atoms with Gasteiger partial charge in [0.1, 0.15) is 23.2 Å². The quantitative estimate of drug-likeness (QED) is 0.941. The first-order chi connectivity index (χ1) is 8.58. The summed E-state index contributed by atoms with van der Waals surface area (Å²) in [6.45, 7) is 4.80. The second kappa shape index (κ2) is 5.10. The minimum Gasteiger partial charge on any atom is -0.383 e. The van der Waals surface area contributed by atoms with Crippen molar-refractivity contribution in [3.63, 3.8) is 0 Å². The van der Waals surface area contributed by atoms with E-state index in [0.717, 1.165) is 23.3 Å². The molecule has 0 saturated carbocycles. The molecule has 0 aliphatic rings. The third-order valence-corrected chi connectivity index (χ3v) is 3.59. The number of aryl methyl sites for hydroxylation is 1. The van der Waals surface area contributed by atoms with E-state index in [9.17, 15) is 4.39 Å². The molecule has 0 fully saturated rings. The summed E-state index contributed by atoms with van der Waals surface area (Å²) < 4.78 is 16.1. The molecule has 2 N–H and O–H groups in total. The van der Waals surface area contributed by atoms with E-state index in [1.54, 1.807) is 6.07 Å². The van der Waals surface area contributed by atoms with Crippen molar-refractivity contribution in [3.8, 4) is 11.3 Å². The number of nitrogens with two attached hydrogens (primary N) is 1. The van der Waals surface area contributed by atoms with Crippen LogP contribution in [0.15, 0.2) is 22.7 Å². The topological polar surface area (TPSA) is 43.8 Å². The minimum absolute atomic E-state index is 0.295. The first kappa shape index (κ1) is 13.1. The van der Waals surface area contributed by atoms with Crippen LogP contribution < -0.4 is 5.73 Å². The van der Waals surface area contributed by atoms with Crippen molar-refractivity contribution in [2.45, 2.75) is 26.8 Å². The van der Waals surface area contributed by atoms with Crippen LogP contribution >= 0.6 is 15.9 Å². The Morgan fingerprint density at radius 1 is 1.39 bits per heavy atom. The summed E-state index contributed by atoms with van der Waals surface area (Å²) in [6.07, 6.45) is 0.797. The van der Waals surface area contributed by atoms with E-state index in [4.69, 9.17) is 5.73 Å². The number of imidazole rings is 1. The molecular formula is C13H15BrFN3. The van der Waals surface area contributed by atoms with E-state index >= 15 is 0 Å². The lowest BCUT2D eigenvalue weighted by molar-refractivity contribution is 0.628. The van der Waals surface area contributed by atoms with Gasteiger partial charge in [0.25, 0.3) is 0 Å². The molecule has 1 aromatic heterocycles. The van der Waals surface area contributed by atoms with Crippen molar-refractivity contribution in [3.05, 3.63) is 34.3 Å². The average Bonchev–Trinajstić information content (AvgIpc) is 2.68. The molecule has 3 nitrogen and oxygen atoms in total. The zero-order valence-corrected chi connectivity index (χ0v) is 12.0. The van der Waals surface area contributed by atoms with Gasteiger partial charge in [0, 0.05) is 23.0 Å². The summed E-state index contributed by atoms with van der Waals surface area (Å²) in [5, 5.41) is 0. The Kier molecular flexibility index (Phi) is 3.71. The van der Waals surface area contributed by atoms with E-state index in [-0.39, 0.29) is 5.82 Å². The third kappa shape index (κ3) is 2.14. The SMILES string of the molecule is CCc1nc(-c2cc(F)ccc2Br)c(N)n1CC. The molecule has 1 heterocycles. The molecule has 0 unspecified atom stereocenters. The van der Waals surface area contributed by atoms with Gasteiger partial charge in [-0.1, -0.05) is 22.9 Å². The Labute approximate surface area is 114 Å². The number of hydrogen-bond donors (Lipinski definition) is 1. The molecule has 5 heteroatoms. The maximum absolute atomic E-state index is 13.3. The van der Waals surface area contributed by atoms with Gasteiger partial charge in [0.05, 0.1) is 0 Å². The summed E-state index contributed by atoms with van der Waals surface area (Å²) in [6, 6.07) is 4.52. The van der Waals surface area contributed by atoms with Gasteiger partial charge in [-0.3, -0.25) is 0 Å². The van der Waals surface area contributed by atoms with Gasteiger partial charge in [-0.05, 0) is 25.1 Å². The van der Waals surface area contributed by atoms with Crippen LogP contribution in [0.1, 0.15) is 19.7 Å². The number of benzene rings is 1. The standard InChI is InChI=1S/C13H15BrFN3/c1-3-11-17-12(13(16)18(11)4-2)9-7-8(15)5-6-10(9)14/h5-7H,3-4,16H2,1-2H3. The highest BCUT2D eigenvalue weighted by molar-refractivity contribution is 9.10. The number of halogens is 2. The van der Waals surface area contributed by atoms with Gasteiger partial charge in [-0.15, -0.1) is 0 Å². The van der Waals surface area contributed by atoms with Gasteiger partial charge in [0.15, 0.2) is 0 Å². The lowest BCUT2D eigenvalue weighted by Crippen LogP contribution is -2.04. The molecule has 1 aromatic carbocycles. The molecule has 0 bridgehead atoms. The third-order valence-electron chi connectivity index (χ3n) is 2.90. The Morgan fingerprint density at radius 2 is 2.11 bits per heavy atom. The van der Waals surface area contributed by atoms with Crippen molar-refractivity contribution < 1.29 is 4.39 Å². The predicted molar refractivity (Wildman–Crippen MR) is 74.8 cm³/mol. The Morgan fingerprint density at radius 3 is 2.67 bits per heavy atom. The fraction of sp³-hybridized carbons (Fsp3) is 0.308. The molecule has 0 amide bonds. The summed E-state index contributed by atoms with van der Waals surface area (Å²) in [5.41, 5.74) is 7.43.